The number of thioether (sulfide) groups is 1. The molecule has 0 aromatic rings. The first kappa shape index (κ1) is 11.1. The Hall–Kier alpha value is 0.0900. The molecule has 66 valence electrons. The minimum absolute atomic E-state index is 0.378. The lowest BCUT2D eigenvalue weighted by atomic mass is 10.2. The molecule has 11 heavy (non-hydrogen) atoms. The predicted octanol–water partition coefficient (Wildman–Crippen LogP) is 4.22. The normalized spacial score (nSPS) is 12.7. The zero-order valence-corrected chi connectivity index (χ0v) is 9.00. The van der Waals surface area contributed by atoms with Crippen LogP contribution in [0.25, 0.3) is 0 Å². The maximum atomic E-state index is 2.28. The summed E-state index contributed by atoms with van der Waals surface area (Å²) in [5, 5.41) is 2.23. The van der Waals surface area contributed by atoms with Crippen molar-refractivity contribution in [2.75, 3.05) is 0 Å². The van der Waals surface area contributed by atoms with E-state index in [9.17, 15) is 0 Å². The third kappa shape index (κ3) is 10.1. The summed E-state index contributed by atoms with van der Waals surface area (Å²) in [4.78, 5) is 0. The number of hydrogen-bond acceptors (Lipinski definition) is 1. The fourth-order valence-electron chi connectivity index (χ4n) is 0.642. The van der Waals surface area contributed by atoms with E-state index in [1.54, 1.807) is 0 Å². The van der Waals surface area contributed by atoms with Gasteiger partial charge in [0.05, 0.1) is 0 Å². The maximum absolute atomic E-state index is 2.28. The smallest absolute Gasteiger partial charge is 0.0116 e. The second-order valence-electron chi connectivity index (χ2n) is 3.74. The van der Waals surface area contributed by atoms with Crippen molar-refractivity contribution in [3.8, 4) is 0 Å². The largest absolute Gasteiger partial charge is 0.128 e. The predicted molar refractivity (Wildman–Crippen MR) is 56.0 cm³/mol. The van der Waals surface area contributed by atoms with Crippen LogP contribution in [0.5, 0.6) is 0 Å². The molecule has 0 atom stereocenters. The molecule has 0 bridgehead atoms. The van der Waals surface area contributed by atoms with E-state index in [0.29, 0.717) is 4.75 Å². The molecule has 0 spiro atoms. The van der Waals surface area contributed by atoms with Crippen LogP contribution < -0.4 is 0 Å². The molecular weight excluding hydrogens is 152 g/mol. The average molecular weight is 172 g/mol. The molecule has 0 fully saturated rings. The zero-order chi connectivity index (χ0) is 8.74. The molecule has 0 saturated carbocycles. The second kappa shape index (κ2) is 5.70. The average Bonchev–Trinajstić information content (AvgIpc) is 1.85. The molecule has 0 unspecified atom stereocenters. The van der Waals surface area contributed by atoms with Crippen molar-refractivity contribution >= 4 is 11.8 Å². The molecular formula is C10H20S. The van der Waals surface area contributed by atoms with Gasteiger partial charge in [-0.15, -0.1) is 11.8 Å². The molecule has 0 aliphatic rings. The summed E-state index contributed by atoms with van der Waals surface area (Å²) in [5.74, 6) is 0. The Labute approximate surface area is 75.5 Å². The van der Waals surface area contributed by atoms with E-state index in [1.807, 2.05) is 11.8 Å². The summed E-state index contributed by atoms with van der Waals surface area (Å²) >= 11 is 1.90. The van der Waals surface area contributed by atoms with Crippen LogP contribution in [0.1, 0.15) is 47.0 Å². The van der Waals surface area contributed by atoms with Crippen molar-refractivity contribution < 1.29 is 0 Å². The first-order chi connectivity index (χ1) is 5.06. The van der Waals surface area contributed by atoms with Gasteiger partial charge in [0.1, 0.15) is 0 Å². The van der Waals surface area contributed by atoms with Crippen LogP contribution >= 0.6 is 11.8 Å². The first-order valence-electron chi connectivity index (χ1n) is 4.39. The number of unbranched alkanes of at least 4 members (excludes halogenated alkanes) is 2. The summed E-state index contributed by atoms with van der Waals surface area (Å²) in [5.41, 5.74) is 0. The molecule has 0 heterocycles. The molecule has 0 aliphatic carbocycles. The van der Waals surface area contributed by atoms with Gasteiger partial charge in [0.2, 0.25) is 0 Å². The SMILES string of the molecule is CCCC/C=C\SC(C)(C)C. The maximum Gasteiger partial charge on any atom is 0.0116 e. The molecule has 0 aliphatic heterocycles. The molecule has 0 radical (unpaired) electrons. The van der Waals surface area contributed by atoms with E-state index in [2.05, 4.69) is 39.2 Å². The highest BCUT2D eigenvalue weighted by atomic mass is 32.2. The van der Waals surface area contributed by atoms with Crippen molar-refractivity contribution in [1.82, 2.24) is 0 Å². The fourth-order valence-corrected chi connectivity index (χ4v) is 1.28. The van der Waals surface area contributed by atoms with Crippen molar-refractivity contribution in [2.24, 2.45) is 0 Å². The van der Waals surface area contributed by atoms with Crippen LogP contribution in [0, 0.1) is 0 Å². The van der Waals surface area contributed by atoms with Gasteiger partial charge in [0.15, 0.2) is 0 Å². The quantitative estimate of drug-likeness (QED) is 0.572. The van der Waals surface area contributed by atoms with E-state index in [-0.39, 0.29) is 0 Å². The third-order valence-corrected chi connectivity index (χ3v) is 2.28. The highest BCUT2D eigenvalue weighted by molar-refractivity contribution is 8.03. The molecule has 0 N–H and O–H groups in total. The minimum atomic E-state index is 0.378. The van der Waals surface area contributed by atoms with Gasteiger partial charge in [-0.1, -0.05) is 46.6 Å². The lowest BCUT2D eigenvalue weighted by Gasteiger charge is -2.13. The Balaban J connectivity index is 3.30. The Morgan fingerprint density at radius 3 is 2.36 bits per heavy atom. The van der Waals surface area contributed by atoms with Gasteiger partial charge in [-0.05, 0) is 11.8 Å². The highest BCUT2D eigenvalue weighted by Crippen LogP contribution is 2.24. The van der Waals surface area contributed by atoms with Crippen molar-refractivity contribution in [1.29, 1.82) is 0 Å². The van der Waals surface area contributed by atoms with Gasteiger partial charge < -0.3 is 0 Å². The highest BCUT2D eigenvalue weighted by Gasteiger charge is 2.06. The third-order valence-electron chi connectivity index (χ3n) is 1.24. The van der Waals surface area contributed by atoms with Gasteiger partial charge in [-0.3, -0.25) is 0 Å². The van der Waals surface area contributed by atoms with E-state index in [1.165, 1.54) is 19.3 Å². The minimum Gasteiger partial charge on any atom is -0.128 e. The van der Waals surface area contributed by atoms with Gasteiger partial charge >= 0.3 is 0 Å². The number of hydrogen-bond donors (Lipinski definition) is 0. The van der Waals surface area contributed by atoms with E-state index in [4.69, 9.17) is 0 Å². The van der Waals surface area contributed by atoms with Crippen molar-refractivity contribution in [2.45, 2.75) is 51.7 Å². The molecule has 0 amide bonds. The van der Waals surface area contributed by atoms with Crippen LogP contribution in [0.4, 0.5) is 0 Å². The summed E-state index contributed by atoms with van der Waals surface area (Å²) < 4.78 is 0.378. The number of allylic oxidation sites excluding steroid dienone is 1. The summed E-state index contributed by atoms with van der Waals surface area (Å²) in [7, 11) is 0. The molecule has 0 nitrogen and oxygen atoms in total. The summed E-state index contributed by atoms with van der Waals surface area (Å²) in [6, 6.07) is 0. The van der Waals surface area contributed by atoms with Gasteiger partial charge in [0.25, 0.3) is 0 Å². The monoisotopic (exact) mass is 172 g/mol. The molecule has 0 aromatic carbocycles. The summed E-state index contributed by atoms with van der Waals surface area (Å²) in [6.07, 6.45) is 6.13. The van der Waals surface area contributed by atoms with Crippen LogP contribution in [0.15, 0.2) is 11.5 Å². The first-order valence-corrected chi connectivity index (χ1v) is 5.27. The Morgan fingerprint density at radius 2 is 1.91 bits per heavy atom. The lowest BCUT2D eigenvalue weighted by molar-refractivity contribution is 0.805. The van der Waals surface area contributed by atoms with E-state index in [0.717, 1.165) is 0 Å². The number of rotatable bonds is 4. The van der Waals surface area contributed by atoms with Crippen molar-refractivity contribution in [3.63, 3.8) is 0 Å². The van der Waals surface area contributed by atoms with E-state index < -0.39 is 0 Å². The second-order valence-corrected chi connectivity index (χ2v) is 5.48. The van der Waals surface area contributed by atoms with Gasteiger partial charge in [-0.25, -0.2) is 0 Å². The van der Waals surface area contributed by atoms with E-state index >= 15 is 0 Å². The standard InChI is InChI=1S/C10H20S/c1-5-6-7-8-9-11-10(2,3)4/h8-9H,5-7H2,1-4H3/b9-8-. The fraction of sp³-hybridized carbons (Fsp3) is 0.800. The molecule has 0 rings (SSSR count). The van der Waals surface area contributed by atoms with Crippen LogP contribution in [0.2, 0.25) is 0 Å². The topological polar surface area (TPSA) is 0 Å². The Bertz CT molecular complexity index is 109. The Kier molecular flexibility index (Phi) is 5.75. The van der Waals surface area contributed by atoms with Gasteiger partial charge in [-0.2, -0.15) is 0 Å². The molecule has 0 aromatic heterocycles. The van der Waals surface area contributed by atoms with Crippen LogP contribution in [0.3, 0.4) is 0 Å². The summed E-state index contributed by atoms with van der Waals surface area (Å²) in [6.45, 7) is 8.94. The Morgan fingerprint density at radius 1 is 1.27 bits per heavy atom. The molecule has 1 heteroatoms. The van der Waals surface area contributed by atoms with Gasteiger partial charge in [0, 0.05) is 4.75 Å². The van der Waals surface area contributed by atoms with Crippen LogP contribution in [-0.4, -0.2) is 4.75 Å². The van der Waals surface area contributed by atoms with Crippen LogP contribution in [-0.2, 0) is 0 Å². The van der Waals surface area contributed by atoms with Crippen molar-refractivity contribution in [3.05, 3.63) is 11.5 Å². The zero-order valence-electron chi connectivity index (χ0n) is 8.18. The lowest BCUT2D eigenvalue weighted by Crippen LogP contribution is -2.04. The molecule has 0 saturated heterocycles.